The summed E-state index contributed by atoms with van der Waals surface area (Å²) >= 11 is 0. The van der Waals surface area contributed by atoms with Crippen molar-refractivity contribution in [3.63, 3.8) is 0 Å². The molecule has 11 heteroatoms. The van der Waals surface area contributed by atoms with Crippen molar-refractivity contribution in [3.05, 3.63) is 83.4 Å². The Labute approximate surface area is 218 Å². The summed E-state index contributed by atoms with van der Waals surface area (Å²) in [5.74, 6) is 0.267. The number of sulfonamides is 1. The Morgan fingerprint density at radius 1 is 0.917 bits per heavy atom. The fraction of sp³-hybridized carbons (Fsp3) is 0.240. The van der Waals surface area contributed by atoms with Crippen molar-refractivity contribution in [3.8, 4) is 0 Å². The van der Waals surface area contributed by atoms with Crippen LogP contribution in [0, 0.1) is 5.41 Å². The number of benzene rings is 3. The molecule has 0 atom stereocenters. The summed E-state index contributed by atoms with van der Waals surface area (Å²) in [4.78, 5) is 3.66. The zero-order valence-corrected chi connectivity index (χ0v) is 21.6. The largest absolute Gasteiger partial charge is 0.416 e. The summed E-state index contributed by atoms with van der Waals surface area (Å²) in [5.41, 5.74) is 1.66. The van der Waals surface area contributed by atoms with E-state index in [0.717, 1.165) is 36.1 Å². The van der Waals surface area contributed by atoms with Crippen LogP contribution in [-0.4, -0.2) is 27.3 Å². The van der Waals surface area contributed by atoms with Crippen molar-refractivity contribution in [2.24, 2.45) is 0 Å². The second kappa shape index (κ2) is 9.78. The van der Waals surface area contributed by atoms with E-state index in [4.69, 9.17) is 5.41 Å². The molecular formula is C25H24BrF3N4O2S. The molecule has 0 bridgehead atoms. The Morgan fingerprint density at radius 3 is 2.33 bits per heavy atom. The van der Waals surface area contributed by atoms with Crippen LogP contribution in [0.15, 0.2) is 71.6 Å². The number of fused-ring (bicyclic) bond motifs is 1. The van der Waals surface area contributed by atoms with Gasteiger partial charge in [0.1, 0.15) is 10.7 Å². The van der Waals surface area contributed by atoms with Gasteiger partial charge >= 0.3 is 6.18 Å². The second-order valence-electron chi connectivity index (χ2n) is 8.62. The Kier molecular flexibility index (Phi) is 7.07. The van der Waals surface area contributed by atoms with Crippen LogP contribution in [0.1, 0.15) is 29.5 Å². The molecule has 2 aliphatic rings. The molecule has 1 saturated heterocycles. The molecule has 5 rings (SSSR count). The van der Waals surface area contributed by atoms with Crippen LogP contribution < -0.4 is 14.5 Å². The zero-order valence-electron chi connectivity index (χ0n) is 19.0. The van der Waals surface area contributed by atoms with Gasteiger partial charge in [0.15, 0.2) is 0 Å². The first-order valence-corrected chi connectivity index (χ1v) is 12.7. The molecule has 0 amide bonds. The number of hydrogen-bond acceptors (Lipinski definition) is 4. The van der Waals surface area contributed by atoms with Crippen LogP contribution in [0.25, 0.3) is 0 Å². The minimum absolute atomic E-state index is 0. The van der Waals surface area contributed by atoms with Crippen molar-refractivity contribution < 1.29 is 21.6 Å². The van der Waals surface area contributed by atoms with Gasteiger partial charge in [0.2, 0.25) is 0 Å². The van der Waals surface area contributed by atoms with E-state index in [1.54, 1.807) is 17.0 Å². The number of anilines is 3. The van der Waals surface area contributed by atoms with Crippen LogP contribution >= 0.6 is 17.0 Å². The Hall–Kier alpha value is -3.05. The molecule has 0 aromatic heterocycles. The maximum absolute atomic E-state index is 13.5. The smallest absolute Gasteiger partial charge is 0.370 e. The molecular weight excluding hydrogens is 557 g/mol. The number of alkyl halides is 3. The van der Waals surface area contributed by atoms with Gasteiger partial charge in [-0.25, -0.2) is 8.42 Å². The normalized spacial score (nSPS) is 15.6. The van der Waals surface area contributed by atoms with Crippen LogP contribution in [0.2, 0.25) is 0 Å². The van der Waals surface area contributed by atoms with Gasteiger partial charge in [-0.15, -0.1) is 17.0 Å². The van der Waals surface area contributed by atoms with E-state index in [2.05, 4.69) is 4.72 Å². The molecule has 2 N–H and O–H groups in total. The summed E-state index contributed by atoms with van der Waals surface area (Å²) in [5, 5.41) is 8.58. The van der Waals surface area contributed by atoms with Crippen molar-refractivity contribution >= 4 is 49.9 Å². The third kappa shape index (κ3) is 4.94. The minimum atomic E-state index is -4.59. The number of amidine groups is 1. The fourth-order valence-corrected chi connectivity index (χ4v) is 5.87. The molecule has 2 aliphatic heterocycles. The maximum Gasteiger partial charge on any atom is 0.416 e. The molecule has 0 saturated carbocycles. The lowest BCUT2D eigenvalue weighted by Crippen LogP contribution is -2.26. The van der Waals surface area contributed by atoms with E-state index < -0.39 is 21.8 Å². The van der Waals surface area contributed by atoms with Crippen molar-refractivity contribution in [1.82, 2.24) is 0 Å². The SMILES string of the molecule is Br.N=C1c2ccccc2CN1c1ccc(N2CCCC2)c(S(=O)(=O)Nc2cccc(C(F)(F)F)c2)c1. The van der Waals surface area contributed by atoms with Gasteiger partial charge in [-0.3, -0.25) is 10.1 Å². The highest BCUT2D eigenvalue weighted by molar-refractivity contribution is 8.93. The Balaban J connectivity index is 0.00000304. The van der Waals surface area contributed by atoms with Crippen LogP contribution in [0.3, 0.4) is 0 Å². The highest BCUT2D eigenvalue weighted by Gasteiger charge is 2.32. The summed E-state index contributed by atoms with van der Waals surface area (Å²) in [6, 6.07) is 16.7. The number of rotatable bonds is 5. The molecule has 36 heavy (non-hydrogen) atoms. The molecule has 0 unspecified atom stereocenters. The predicted octanol–water partition coefficient (Wildman–Crippen LogP) is 6.03. The van der Waals surface area contributed by atoms with Crippen molar-refractivity contribution in [2.45, 2.75) is 30.5 Å². The molecule has 0 aliphatic carbocycles. The van der Waals surface area contributed by atoms with E-state index in [1.807, 2.05) is 29.2 Å². The van der Waals surface area contributed by atoms with Gasteiger partial charge in [0, 0.05) is 30.0 Å². The molecule has 3 aromatic carbocycles. The van der Waals surface area contributed by atoms with Gasteiger partial charge < -0.3 is 9.80 Å². The first kappa shape index (κ1) is 26.0. The fourth-order valence-electron chi connectivity index (χ4n) is 4.58. The quantitative estimate of drug-likeness (QED) is 0.386. The molecule has 2 heterocycles. The molecule has 190 valence electrons. The van der Waals surface area contributed by atoms with E-state index in [-0.39, 0.29) is 33.4 Å². The van der Waals surface area contributed by atoms with E-state index in [0.29, 0.717) is 31.0 Å². The lowest BCUT2D eigenvalue weighted by Gasteiger charge is -2.25. The number of hydrogen-bond donors (Lipinski definition) is 2. The van der Waals surface area contributed by atoms with Gasteiger partial charge in [0.25, 0.3) is 10.0 Å². The van der Waals surface area contributed by atoms with Crippen LogP contribution in [0.4, 0.5) is 30.2 Å². The number of nitrogens with one attached hydrogen (secondary N) is 2. The third-order valence-corrected chi connectivity index (χ3v) is 7.71. The topological polar surface area (TPSA) is 76.5 Å². The zero-order chi connectivity index (χ0) is 24.8. The van der Waals surface area contributed by atoms with E-state index in [1.165, 1.54) is 18.2 Å². The van der Waals surface area contributed by atoms with Gasteiger partial charge in [-0.1, -0.05) is 30.3 Å². The second-order valence-corrected chi connectivity index (χ2v) is 10.3. The minimum Gasteiger partial charge on any atom is -0.370 e. The molecule has 0 radical (unpaired) electrons. The molecule has 3 aromatic rings. The highest BCUT2D eigenvalue weighted by Crippen LogP contribution is 2.37. The Morgan fingerprint density at radius 2 is 1.64 bits per heavy atom. The lowest BCUT2D eigenvalue weighted by molar-refractivity contribution is -0.137. The van der Waals surface area contributed by atoms with Crippen LogP contribution in [-0.2, 0) is 22.7 Å². The van der Waals surface area contributed by atoms with Crippen molar-refractivity contribution in [1.29, 1.82) is 5.41 Å². The summed E-state index contributed by atoms with van der Waals surface area (Å²) in [6.45, 7) is 1.81. The van der Waals surface area contributed by atoms with E-state index in [9.17, 15) is 21.6 Å². The van der Waals surface area contributed by atoms with Crippen molar-refractivity contribution in [2.75, 3.05) is 27.6 Å². The average Bonchev–Trinajstić information content (AvgIpc) is 3.47. The third-order valence-electron chi connectivity index (χ3n) is 6.30. The molecule has 6 nitrogen and oxygen atoms in total. The van der Waals surface area contributed by atoms with E-state index >= 15 is 0 Å². The number of nitrogens with zero attached hydrogens (tertiary/aromatic N) is 2. The predicted molar refractivity (Wildman–Crippen MR) is 140 cm³/mol. The monoisotopic (exact) mass is 580 g/mol. The number of halogens is 4. The summed E-state index contributed by atoms with van der Waals surface area (Å²) < 4.78 is 68.8. The highest BCUT2D eigenvalue weighted by atomic mass is 79.9. The summed E-state index contributed by atoms with van der Waals surface area (Å²) in [7, 11) is -4.24. The molecule has 0 spiro atoms. The average molecular weight is 581 g/mol. The lowest BCUT2D eigenvalue weighted by atomic mass is 10.1. The van der Waals surface area contributed by atoms with Gasteiger partial charge in [0.05, 0.1) is 17.8 Å². The molecule has 1 fully saturated rings. The summed E-state index contributed by atoms with van der Waals surface area (Å²) in [6.07, 6.45) is -2.74. The maximum atomic E-state index is 13.5. The Bertz CT molecular complexity index is 1410. The standard InChI is InChI=1S/C25H23F3N4O2S.BrH/c26-25(27,28)18-7-5-8-19(14-18)30-35(33,34)23-15-20(10-11-22(23)31-12-3-4-13-31)32-16-17-6-1-2-9-21(17)24(32)29;/h1-2,5-11,14-15,29-30H,3-4,12-13,16H2;1H. The van der Waals surface area contributed by atoms with Gasteiger partial charge in [-0.05, 0) is 54.8 Å². The first-order valence-electron chi connectivity index (χ1n) is 11.2. The first-order chi connectivity index (χ1) is 16.6. The van der Waals surface area contributed by atoms with Crippen LogP contribution in [0.5, 0.6) is 0 Å². The van der Waals surface area contributed by atoms with Gasteiger partial charge in [-0.2, -0.15) is 13.2 Å².